The van der Waals surface area contributed by atoms with Gasteiger partial charge in [-0.1, -0.05) is 6.07 Å². The lowest BCUT2D eigenvalue weighted by atomic mass is 9.94. The molecule has 8 heteroatoms. The summed E-state index contributed by atoms with van der Waals surface area (Å²) in [4.78, 5) is 25.9. The smallest absolute Gasteiger partial charge is 0.416 e. The fourth-order valence-corrected chi connectivity index (χ4v) is 3.83. The molecule has 5 nitrogen and oxygen atoms in total. The van der Waals surface area contributed by atoms with Gasteiger partial charge in [-0.15, -0.1) is 0 Å². The van der Waals surface area contributed by atoms with Gasteiger partial charge in [0, 0.05) is 26.1 Å². The van der Waals surface area contributed by atoms with E-state index in [4.69, 9.17) is 4.74 Å². The largest absolute Gasteiger partial charge is 0.457 e. The first-order valence-electron chi connectivity index (χ1n) is 9.82. The number of piperidine rings is 1. The molecule has 1 fully saturated rings. The van der Waals surface area contributed by atoms with E-state index in [0.29, 0.717) is 44.0 Å². The van der Waals surface area contributed by atoms with Crippen LogP contribution in [0, 0.1) is 5.92 Å². The van der Waals surface area contributed by atoms with E-state index in [1.807, 2.05) is 12.1 Å². The minimum Gasteiger partial charge on any atom is -0.457 e. The number of amides is 2. The maximum Gasteiger partial charge on any atom is 0.416 e. The Kier molecular flexibility index (Phi) is 5.40. The molecular weight excluding hydrogens is 397 g/mol. The van der Waals surface area contributed by atoms with E-state index in [1.165, 1.54) is 12.1 Å². The molecule has 30 heavy (non-hydrogen) atoms. The number of carbonyl (C=O) groups excluding carboxylic acids is 2. The first-order valence-corrected chi connectivity index (χ1v) is 9.82. The van der Waals surface area contributed by atoms with Crippen molar-refractivity contribution in [2.24, 2.45) is 5.92 Å². The Bertz CT molecular complexity index is 947. The predicted octanol–water partition coefficient (Wildman–Crippen LogP) is 3.91. The zero-order chi connectivity index (χ0) is 21.3. The number of rotatable bonds is 3. The number of hydrogen-bond acceptors (Lipinski definition) is 3. The van der Waals surface area contributed by atoms with Crippen LogP contribution >= 0.6 is 0 Å². The summed E-state index contributed by atoms with van der Waals surface area (Å²) in [7, 11) is 0. The molecule has 2 heterocycles. The summed E-state index contributed by atoms with van der Waals surface area (Å²) in [6, 6.07) is 10.1. The summed E-state index contributed by atoms with van der Waals surface area (Å²) in [5.74, 6) is 0.635. The molecule has 0 spiro atoms. The van der Waals surface area contributed by atoms with Crippen molar-refractivity contribution in [3.8, 4) is 11.5 Å². The van der Waals surface area contributed by atoms with Crippen LogP contribution in [-0.4, -0.2) is 29.8 Å². The maximum atomic E-state index is 12.8. The molecule has 0 aromatic heterocycles. The molecule has 2 aromatic rings. The van der Waals surface area contributed by atoms with Crippen molar-refractivity contribution in [3.05, 3.63) is 59.2 Å². The van der Waals surface area contributed by atoms with E-state index >= 15 is 0 Å². The third-order valence-electron chi connectivity index (χ3n) is 5.53. The summed E-state index contributed by atoms with van der Waals surface area (Å²) in [5.41, 5.74) is 1.35. The summed E-state index contributed by atoms with van der Waals surface area (Å²) in [5, 5.41) is 2.74. The van der Waals surface area contributed by atoms with E-state index in [9.17, 15) is 22.8 Å². The van der Waals surface area contributed by atoms with Crippen LogP contribution in [0.4, 0.5) is 13.2 Å². The molecule has 0 radical (unpaired) electrons. The molecule has 1 atom stereocenters. The second-order valence-electron chi connectivity index (χ2n) is 7.60. The molecule has 1 saturated heterocycles. The molecule has 1 unspecified atom stereocenters. The summed E-state index contributed by atoms with van der Waals surface area (Å²) in [6.07, 6.45) is -2.74. The van der Waals surface area contributed by atoms with Crippen LogP contribution in [0.5, 0.6) is 11.5 Å². The van der Waals surface area contributed by atoms with Crippen molar-refractivity contribution in [2.75, 3.05) is 13.1 Å². The normalized spacial score (nSPS) is 19.1. The van der Waals surface area contributed by atoms with Crippen molar-refractivity contribution >= 4 is 11.8 Å². The quantitative estimate of drug-likeness (QED) is 0.822. The van der Waals surface area contributed by atoms with Gasteiger partial charge < -0.3 is 15.0 Å². The fourth-order valence-electron chi connectivity index (χ4n) is 3.83. The van der Waals surface area contributed by atoms with Crippen LogP contribution in [0.25, 0.3) is 0 Å². The second-order valence-corrected chi connectivity index (χ2v) is 7.60. The van der Waals surface area contributed by atoms with Crippen LogP contribution in [0.3, 0.4) is 0 Å². The van der Waals surface area contributed by atoms with Crippen molar-refractivity contribution in [1.29, 1.82) is 0 Å². The van der Waals surface area contributed by atoms with Crippen LogP contribution in [0.2, 0.25) is 0 Å². The van der Waals surface area contributed by atoms with Gasteiger partial charge in [0.2, 0.25) is 11.8 Å². The number of carbonyl (C=O) groups is 2. The number of ether oxygens (including phenoxy) is 1. The SMILES string of the molecule is O=C1CCC(C(=O)N2CCc3ccc(Oc4ccc(C(F)(F)F)cc4)cc3C2)CN1. The molecule has 0 aliphatic carbocycles. The number of nitrogens with zero attached hydrogens (tertiary/aromatic N) is 1. The number of nitrogens with one attached hydrogen (secondary N) is 1. The first kappa shape index (κ1) is 20.3. The average Bonchev–Trinajstić information content (AvgIpc) is 2.73. The van der Waals surface area contributed by atoms with Crippen LogP contribution in [0.1, 0.15) is 29.5 Å². The molecule has 2 amide bonds. The highest BCUT2D eigenvalue weighted by Gasteiger charge is 2.31. The van der Waals surface area contributed by atoms with Crippen LogP contribution < -0.4 is 10.1 Å². The molecule has 0 saturated carbocycles. The van der Waals surface area contributed by atoms with Gasteiger partial charge in [-0.25, -0.2) is 0 Å². The van der Waals surface area contributed by atoms with E-state index in [0.717, 1.165) is 29.7 Å². The highest BCUT2D eigenvalue weighted by atomic mass is 19.4. The van der Waals surface area contributed by atoms with Gasteiger partial charge in [0.1, 0.15) is 11.5 Å². The Balaban J connectivity index is 1.44. The topological polar surface area (TPSA) is 58.6 Å². The number of halogens is 3. The van der Waals surface area contributed by atoms with E-state index in [2.05, 4.69) is 5.32 Å². The van der Waals surface area contributed by atoms with Gasteiger partial charge in [0.25, 0.3) is 0 Å². The summed E-state index contributed by atoms with van der Waals surface area (Å²) < 4.78 is 43.8. The summed E-state index contributed by atoms with van der Waals surface area (Å²) >= 11 is 0. The van der Waals surface area contributed by atoms with Crippen LogP contribution in [-0.2, 0) is 28.7 Å². The third-order valence-corrected chi connectivity index (χ3v) is 5.53. The van der Waals surface area contributed by atoms with Gasteiger partial charge in [-0.3, -0.25) is 9.59 Å². The minimum atomic E-state index is -4.39. The molecule has 0 bridgehead atoms. The highest BCUT2D eigenvalue weighted by molar-refractivity contribution is 5.84. The lowest BCUT2D eigenvalue weighted by Crippen LogP contribution is -2.46. The lowest BCUT2D eigenvalue weighted by molar-refractivity contribution is -0.139. The Morgan fingerprint density at radius 2 is 1.77 bits per heavy atom. The van der Waals surface area contributed by atoms with E-state index in [1.54, 1.807) is 11.0 Å². The van der Waals surface area contributed by atoms with Gasteiger partial charge in [0.15, 0.2) is 0 Å². The van der Waals surface area contributed by atoms with Crippen molar-refractivity contribution in [1.82, 2.24) is 10.2 Å². The summed E-state index contributed by atoms with van der Waals surface area (Å²) in [6.45, 7) is 1.44. The van der Waals surface area contributed by atoms with Gasteiger partial charge in [-0.05, 0) is 60.4 Å². The van der Waals surface area contributed by atoms with Gasteiger partial charge in [0.05, 0.1) is 11.5 Å². The predicted molar refractivity (Wildman–Crippen MR) is 103 cm³/mol. The zero-order valence-electron chi connectivity index (χ0n) is 16.2. The average molecular weight is 418 g/mol. The Morgan fingerprint density at radius 3 is 2.43 bits per heavy atom. The fraction of sp³-hybridized carbons (Fsp3) is 0.364. The third kappa shape index (κ3) is 4.42. The number of alkyl halides is 3. The molecule has 1 N–H and O–H groups in total. The highest BCUT2D eigenvalue weighted by Crippen LogP contribution is 2.32. The van der Waals surface area contributed by atoms with Crippen molar-refractivity contribution in [3.63, 3.8) is 0 Å². The number of benzene rings is 2. The monoisotopic (exact) mass is 418 g/mol. The van der Waals surface area contributed by atoms with E-state index < -0.39 is 11.7 Å². The maximum absolute atomic E-state index is 12.8. The lowest BCUT2D eigenvalue weighted by Gasteiger charge is -2.33. The molecular formula is C22H21F3N2O3. The number of hydrogen-bond donors (Lipinski definition) is 1. The molecule has 2 aliphatic rings. The zero-order valence-corrected chi connectivity index (χ0v) is 16.2. The standard InChI is InChI=1S/C22H21F3N2O3/c23-22(24,25)17-3-6-18(7-4-17)30-19-5-1-14-9-10-27(13-16(14)11-19)21(29)15-2-8-20(28)26-12-15/h1,3-7,11,15H,2,8-10,12-13H2,(H,26,28). The van der Waals surface area contributed by atoms with Gasteiger partial charge >= 0.3 is 6.18 Å². The van der Waals surface area contributed by atoms with Crippen molar-refractivity contribution in [2.45, 2.75) is 32.0 Å². The van der Waals surface area contributed by atoms with Crippen LogP contribution in [0.15, 0.2) is 42.5 Å². The molecule has 2 aromatic carbocycles. The Hall–Kier alpha value is -3.03. The number of fused-ring (bicyclic) bond motifs is 1. The van der Waals surface area contributed by atoms with E-state index in [-0.39, 0.29) is 17.7 Å². The molecule has 2 aliphatic heterocycles. The molecule has 4 rings (SSSR count). The Labute approximate surface area is 171 Å². The van der Waals surface area contributed by atoms with Crippen molar-refractivity contribution < 1.29 is 27.5 Å². The first-order chi connectivity index (χ1) is 14.3. The Morgan fingerprint density at radius 1 is 1.03 bits per heavy atom. The molecule has 158 valence electrons. The minimum absolute atomic E-state index is 0.0203. The second kappa shape index (κ2) is 8.01. The van der Waals surface area contributed by atoms with Gasteiger partial charge in [-0.2, -0.15) is 13.2 Å².